The molecule has 20 heavy (non-hydrogen) atoms. The number of carbonyl (C=O) groups excluding carboxylic acids is 1. The van der Waals surface area contributed by atoms with Crippen molar-refractivity contribution in [2.45, 2.75) is 50.7 Å². The number of ether oxygens (including phenoxy) is 2. The Bertz CT molecular complexity index is 329. The first-order valence-corrected chi connectivity index (χ1v) is 7.72. The van der Waals surface area contributed by atoms with E-state index in [9.17, 15) is 4.79 Å². The summed E-state index contributed by atoms with van der Waals surface area (Å²) >= 11 is 0. The monoisotopic (exact) mass is 284 g/mol. The summed E-state index contributed by atoms with van der Waals surface area (Å²) < 4.78 is 10.9. The Morgan fingerprint density at radius 1 is 1.55 bits per heavy atom. The van der Waals surface area contributed by atoms with E-state index in [0.717, 1.165) is 32.1 Å². The highest BCUT2D eigenvalue weighted by atomic mass is 16.5. The van der Waals surface area contributed by atoms with Crippen LogP contribution in [0.3, 0.4) is 0 Å². The second-order valence-electron chi connectivity index (χ2n) is 6.38. The molecule has 2 fully saturated rings. The highest BCUT2D eigenvalue weighted by molar-refractivity contribution is 5.78. The maximum Gasteiger partial charge on any atom is 0.223 e. The van der Waals surface area contributed by atoms with Crippen molar-refractivity contribution in [3.05, 3.63) is 0 Å². The van der Waals surface area contributed by atoms with Crippen molar-refractivity contribution in [3.8, 4) is 0 Å². The van der Waals surface area contributed by atoms with E-state index in [1.807, 2.05) is 6.92 Å². The van der Waals surface area contributed by atoms with Gasteiger partial charge in [0.2, 0.25) is 5.91 Å². The largest absolute Gasteiger partial charge is 0.378 e. The molecule has 4 unspecified atom stereocenters. The van der Waals surface area contributed by atoms with Crippen molar-refractivity contribution in [1.29, 1.82) is 0 Å². The molecule has 116 valence electrons. The Hall–Kier alpha value is -0.650. The van der Waals surface area contributed by atoms with Crippen LogP contribution in [0.2, 0.25) is 0 Å². The van der Waals surface area contributed by atoms with Gasteiger partial charge in [-0.3, -0.25) is 4.79 Å². The molecule has 0 aromatic carbocycles. The van der Waals surface area contributed by atoms with Crippen LogP contribution in [-0.2, 0) is 14.3 Å². The van der Waals surface area contributed by atoms with Gasteiger partial charge in [0.25, 0.3) is 0 Å². The zero-order valence-corrected chi connectivity index (χ0v) is 12.7. The maximum absolute atomic E-state index is 12.3. The molecule has 1 heterocycles. The standard InChI is InChI=1S/C15H28N2O3/c1-11(12-4-3-5-13(16)8-12)14(18)17-9-15(19-2)6-7-20-10-15/h11-13H,3-10,16H2,1-2H3,(H,17,18). The minimum atomic E-state index is -0.335. The van der Waals surface area contributed by atoms with Crippen molar-refractivity contribution < 1.29 is 14.3 Å². The van der Waals surface area contributed by atoms with Crippen molar-refractivity contribution in [1.82, 2.24) is 5.32 Å². The molecule has 1 saturated carbocycles. The molecule has 1 saturated heterocycles. The normalized spacial score (nSPS) is 35.8. The quantitative estimate of drug-likeness (QED) is 0.792. The number of nitrogens with one attached hydrogen (secondary N) is 1. The summed E-state index contributed by atoms with van der Waals surface area (Å²) in [5.41, 5.74) is 5.68. The number of methoxy groups -OCH3 is 1. The number of nitrogens with two attached hydrogens (primary N) is 1. The first kappa shape index (κ1) is 15.7. The molecule has 0 spiro atoms. The Labute approximate surface area is 121 Å². The fourth-order valence-electron chi connectivity index (χ4n) is 3.31. The molecule has 0 radical (unpaired) electrons. The average Bonchev–Trinajstić information content (AvgIpc) is 2.93. The van der Waals surface area contributed by atoms with Crippen LogP contribution in [-0.4, -0.2) is 44.4 Å². The van der Waals surface area contributed by atoms with Gasteiger partial charge >= 0.3 is 0 Å². The Kier molecular flexibility index (Phi) is 5.41. The zero-order valence-electron chi connectivity index (χ0n) is 12.7. The topological polar surface area (TPSA) is 73.6 Å². The fourth-order valence-corrected chi connectivity index (χ4v) is 3.31. The molecule has 1 amide bonds. The van der Waals surface area contributed by atoms with E-state index in [-0.39, 0.29) is 23.5 Å². The van der Waals surface area contributed by atoms with E-state index in [4.69, 9.17) is 15.2 Å². The SMILES string of the molecule is COC1(CNC(=O)C(C)C2CCCC(N)C2)CCOC1. The van der Waals surface area contributed by atoms with Crippen molar-refractivity contribution in [2.24, 2.45) is 17.6 Å². The van der Waals surface area contributed by atoms with Crippen LogP contribution >= 0.6 is 0 Å². The lowest BCUT2D eigenvalue weighted by Crippen LogP contribution is -2.47. The van der Waals surface area contributed by atoms with Crippen molar-refractivity contribution >= 4 is 5.91 Å². The number of hydrogen-bond acceptors (Lipinski definition) is 4. The van der Waals surface area contributed by atoms with E-state index in [0.29, 0.717) is 25.7 Å². The van der Waals surface area contributed by atoms with E-state index >= 15 is 0 Å². The molecule has 5 nitrogen and oxygen atoms in total. The predicted molar refractivity (Wildman–Crippen MR) is 77.3 cm³/mol. The molecular formula is C15H28N2O3. The van der Waals surface area contributed by atoms with Gasteiger partial charge in [-0.25, -0.2) is 0 Å². The van der Waals surface area contributed by atoms with E-state index in [1.165, 1.54) is 0 Å². The van der Waals surface area contributed by atoms with Crippen molar-refractivity contribution in [2.75, 3.05) is 26.9 Å². The predicted octanol–water partition coefficient (Wildman–Crippen LogP) is 1.06. The number of amides is 1. The van der Waals surface area contributed by atoms with Crippen LogP contribution in [0.1, 0.15) is 39.0 Å². The fraction of sp³-hybridized carbons (Fsp3) is 0.933. The van der Waals surface area contributed by atoms with E-state index in [1.54, 1.807) is 7.11 Å². The van der Waals surface area contributed by atoms with Crippen LogP contribution in [0.25, 0.3) is 0 Å². The maximum atomic E-state index is 12.3. The van der Waals surface area contributed by atoms with Crippen molar-refractivity contribution in [3.63, 3.8) is 0 Å². The summed E-state index contributed by atoms with van der Waals surface area (Å²) in [6, 6.07) is 0.262. The lowest BCUT2D eigenvalue weighted by atomic mass is 9.78. The molecule has 5 heteroatoms. The number of rotatable bonds is 5. The molecule has 3 N–H and O–H groups in total. The Morgan fingerprint density at radius 2 is 2.35 bits per heavy atom. The summed E-state index contributed by atoms with van der Waals surface area (Å²) in [4.78, 5) is 12.3. The molecule has 4 atom stereocenters. The van der Waals surface area contributed by atoms with Gasteiger partial charge in [-0.15, -0.1) is 0 Å². The summed E-state index contributed by atoms with van der Waals surface area (Å²) in [5, 5.41) is 3.04. The molecule has 0 aromatic heterocycles. The highest BCUT2D eigenvalue weighted by Crippen LogP contribution is 2.29. The Morgan fingerprint density at radius 3 is 2.95 bits per heavy atom. The molecule has 1 aliphatic heterocycles. The van der Waals surface area contributed by atoms with Gasteiger partial charge in [-0.05, 0) is 25.2 Å². The van der Waals surface area contributed by atoms with E-state index < -0.39 is 0 Å². The highest BCUT2D eigenvalue weighted by Gasteiger charge is 2.36. The third-order valence-electron chi connectivity index (χ3n) is 4.96. The smallest absolute Gasteiger partial charge is 0.223 e. The third kappa shape index (κ3) is 3.71. The second kappa shape index (κ2) is 6.87. The van der Waals surface area contributed by atoms with Gasteiger partial charge in [-0.1, -0.05) is 13.3 Å². The summed E-state index contributed by atoms with van der Waals surface area (Å²) in [6.45, 7) is 3.82. The molecule has 0 bridgehead atoms. The Balaban J connectivity index is 1.81. The molecule has 2 rings (SSSR count). The number of carbonyl (C=O) groups is 1. The van der Waals surface area contributed by atoms with Gasteiger partial charge in [0.15, 0.2) is 0 Å². The summed E-state index contributed by atoms with van der Waals surface area (Å²) in [5.74, 6) is 0.557. The van der Waals surface area contributed by atoms with E-state index in [2.05, 4.69) is 5.32 Å². The van der Waals surface area contributed by atoms with Gasteiger partial charge in [0.1, 0.15) is 5.60 Å². The second-order valence-corrected chi connectivity index (χ2v) is 6.38. The van der Waals surface area contributed by atoms with Crippen LogP contribution in [0.4, 0.5) is 0 Å². The van der Waals surface area contributed by atoms with Crippen LogP contribution < -0.4 is 11.1 Å². The van der Waals surface area contributed by atoms with Gasteiger partial charge in [0, 0.05) is 38.6 Å². The first-order valence-electron chi connectivity index (χ1n) is 7.72. The molecular weight excluding hydrogens is 256 g/mol. The van der Waals surface area contributed by atoms with Crippen LogP contribution in [0, 0.1) is 11.8 Å². The zero-order chi connectivity index (χ0) is 14.6. The van der Waals surface area contributed by atoms with Gasteiger partial charge < -0.3 is 20.5 Å². The minimum Gasteiger partial charge on any atom is -0.378 e. The lowest BCUT2D eigenvalue weighted by molar-refractivity contribution is -0.128. The molecule has 2 aliphatic rings. The summed E-state index contributed by atoms with van der Waals surface area (Å²) in [7, 11) is 1.68. The third-order valence-corrected chi connectivity index (χ3v) is 4.96. The average molecular weight is 284 g/mol. The summed E-state index contributed by atoms with van der Waals surface area (Å²) in [6.07, 6.45) is 5.15. The molecule has 0 aromatic rings. The van der Waals surface area contributed by atoms with Crippen LogP contribution in [0.15, 0.2) is 0 Å². The van der Waals surface area contributed by atoms with Gasteiger partial charge in [0.05, 0.1) is 6.61 Å². The first-order chi connectivity index (χ1) is 9.56. The number of hydrogen-bond donors (Lipinski definition) is 2. The van der Waals surface area contributed by atoms with Gasteiger partial charge in [-0.2, -0.15) is 0 Å². The minimum absolute atomic E-state index is 0.0255. The lowest BCUT2D eigenvalue weighted by Gasteiger charge is -2.32. The van der Waals surface area contributed by atoms with Crippen LogP contribution in [0.5, 0.6) is 0 Å². The molecule has 1 aliphatic carbocycles.